The number of aromatic nitrogens is 1. The molecule has 0 atom stereocenters. The van der Waals surface area contributed by atoms with Crippen LogP contribution in [0.3, 0.4) is 0 Å². The van der Waals surface area contributed by atoms with Crippen LogP contribution in [0.15, 0.2) is 48.8 Å². The molecule has 0 aliphatic heterocycles. The molecule has 0 aliphatic carbocycles. The Morgan fingerprint density at radius 1 is 1.38 bits per heavy atom. The molecular formula is C16H15FN2O2. The highest BCUT2D eigenvalue weighted by atomic mass is 19.1. The molecule has 1 aromatic carbocycles. The molecular weight excluding hydrogens is 271 g/mol. The second kappa shape index (κ2) is 6.65. The van der Waals surface area contributed by atoms with Gasteiger partial charge in [-0.05, 0) is 23.8 Å². The van der Waals surface area contributed by atoms with Gasteiger partial charge >= 0.3 is 5.97 Å². The Bertz CT molecular complexity index is 657. The zero-order valence-electron chi connectivity index (χ0n) is 11.5. The number of aliphatic carboxylic acids is 1. The van der Waals surface area contributed by atoms with Crippen LogP contribution in [0, 0.1) is 5.82 Å². The number of hydrogen-bond donors (Lipinski definition) is 1. The van der Waals surface area contributed by atoms with E-state index in [0.717, 1.165) is 11.6 Å². The normalized spacial score (nSPS) is 10.8. The molecule has 1 heterocycles. The van der Waals surface area contributed by atoms with Gasteiger partial charge in [0.25, 0.3) is 0 Å². The molecule has 0 unspecified atom stereocenters. The molecule has 2 aromatic rings. The van der Waals surface area contributed by atoms with E-state index in [9.17, 15) is 9.18 Å². The molecule has 0 saturated heterocycles. The van der Waals surface area contributed by atoms with Gasteiger partial charge in [0.2, 0.25) is 0 Å². The van der Waals surface area contributed by atoms with E-state index in [1.54, 1.807) is 36.5 Å². The second-order valence-electron chi connectivity index (χ2n) is 4.57. The molecule has 0 radical (unpaired) electrons. The van der Waals surface area contributed by atoms with Gasteiger partial charge in [-0.25, -0.2) is 9.18 Å². The van der Waals surface area contributed by atoms with Crippen molar-refractivity contribution >= 4 is 17.7 Å². The minimum atomic E-state index is -1.07. The van der Waals surface area contributed by atoms with E-state index in [1.807, 2.05) is 12.1 Å². The molecule has 0 fully saturated rings. The summed E-state index contributed by atoms with van der Waals surface area (Å²) in [5.74, 6) is -1.46. The summed E-state index contributed by atoms with van der Waals surface area (Å²) in [6.07, 6.45) is 5.77. The predicted molar refractivity (Wildman–Crippen MR) is 79.4 cm³/mol. The summed E-state index contributed by atoms with van der Waals surface area (Å²) in [6, 6.07) is 8.30. The van der Waals surface area contributed by atoms with Crippen molar-refractivity contribution in [2.45, 2.75) is 6.54 Å². The first-order valence-electron chi connectivity index (χ1n) is 6.37. The lowest BCUT2D eigenvalue weighted by Crippen LogP contribution is -2.19. The Balaban J connectivity index is 2.31. The number of carbonyl (C=O) groups is 1. The van der Waals surface area contributed by atoms with Gasteiger partial charge in [-0.2, -0.15) is 0 Å². The van der Waals surface area contributed by atoms with Crippen LogP contribution in [0.4, 0.5) is 10.1 Å². The third-order valence-electron chi connectivity index (χ3n) is 2.95. The maximum absolute atomic E-state index is 14.1. The lowest BCUT2D eigenvalue weighted by molar-refractivity contribution is -0.131. The fourth-order valence-corrected chi connectivity index (χ4v) is 2.07. The number of benzene rings is 1. The van der Waals surface area contributed by atoms with E-state index < -0.39 is 11.8 Å². The highest BCUT2D eigenvalue weighted by molar-refractivity contribution is 5.87. The van der Waals surface area contributed by atoms with E-state index in [4.69, 9.17) is 5.11 Å². The second-order valence-corrected chi connectivity index (χ2v) is 4.57. The van der Waals surface area contributed by atoms with Gasteiger partial charge in [0.15, 0.2) is 0 Å². The van der Waals surface area contributed by atoms with Crippen LogP contribution >= 0.6 is 0 Å². The number of anilines is 1. The largest absolute Gasteiger partial charge is 0.478 e. The molecule has 21 heavy (non-hydrogen) atoms. The van der Waals surface area contributed by atoms with Crippen LogP contribution in [-0.2, 0) is 11.3 Å². The molecule has 1 N–H and O–H groups in total. The molecule has 1 aromatic heterocycles. The van der Waals surface area contributed by atoms with Gasteiger partial charge in [0.05, 0.1) is 5.69 Å². The van der Waals surface area contributed by atoms with Crippen LogP contribution in [0.2, 0.25) is 0 Å². The van der Waals surface area contributed by atoms with Crippen molar-refractivity contribution in [1.82, 2.24) is 4.98 Å². The Labute approximate surface area is 122 Å². The number of pyridine rings is 1. The quantitative estimate of drug-likeness (QED) is 0.859. The fourth-order valence-electron chi connectivity index (χ4n) is 2.07. The monoisotopic (exact) mass is 286 g/mol. The number of rotatable bonds is 5. The topological polar surface area (TPSA) is 53.4 Å². The van der Waals surface area contributed by atoms with Gasteiger partial charge in [0.1, 0.15) is 5.82 Å². The molecule has 2 rings (SSSR count). The van der Waals surface area contributed by atoms with Gasteiger partial charge in [0, 0.05) is 37.6 Å². The summed E-state index contributed by atoms with van der Waals surface area (Å²) in [5.41, 5.74) is 1.82. The molecule has 0 saturated carbocycles. The van der Waals surface area contributed by atoms with E-state index in [-0.39, 0.29) is 0 Å². The molecule has 0 spiro atoms. The first-order valence-corrected chi connectivity index (χ1v) is 6.37. The average Bonchev–Trinajstić information content (AvgIpc) is 2.46. The van der Waals surface area contributed by atoms with Crippen LogP contribution in [-0.4, -0.2) is 23.1 Å². The lowest BCUT2D eigenvalue weighted by Gasteiger charge is -2.22. The van der Waals surface area contributed by atoms with E-state index in [0.29, 0.717) is 17.8 Å². The number of nitrogens with zero attached hydrogens (tertiary/aromatic N) is 2. The van der Waals surface area contributed by atoms with E-state index >= 15 is 0 Å². The third kappa shape index (κ3) is 3.89. The molecule has 108 valence electrons. The zero-order chi connectivity index (χ0) is 15.2. The van der Waals surface area contributed by atoms with Gasteiger partial charge in [-0.1, -0.05) is 18.2 Å². The van der Waals surface area contributed by atoms with Crippen molar-refractivity contribution in [2.75, 3.05) is 11.9 Å². The number of para-hydroxylation sites is 1. The van der Waals surface area contributed by atoms with Crippen LogP contribution in [0.1, 0.15) is 11.1 Å². The molecule has 0 bridgehead atoms. The van der Waals surface area contributed by atoms with Gasteiger partial charge < -0.3 is 10.0 Å². The molecule has 0 amide bonds. The van der Waals surface area contributed by atoms with Crippen LogP contribution in [0.25, 0.3) is 6.08 Å². The maximum atomic E-state index is 14.1. The lowest BCUT2D eigenvalue weighted by atomic mass is 10.1. The summed E-state index contributed by atoms with van der Waals surface area (Å²) in [5, 5.41) is 8.71. The summed E-state index contributed by atoms with van der Waals surface area (Å²) >= 11 is 0. The summed E-state index contributed by atoms with van der Waals surface area (Å²) in [4.78, 5) is 16.4. The molecule has 0 aliphatic rings. The summed E-state index contributed by atoms with van der Waals surface area (Å²) < 4.78 is 14.1. The fraction of sp³-hybridized carbons (Fsp3) is 0.125. The van der Waals surface area contributed by atoms with Crippen LogP contribution in [0.5, 0.6) is 0 Å². The predicted octanol–water partition coefficient (Wildman–Crippen LogP) is 2.95. The highest BCUT2D eigenvalue weighted by Gasteiger charge is 2.12. The molecule has 5 heteroatoms. The SMILES string of the molecule is CN(Cc1cccnc1)c1c(F)cccc1/C=C/C(=O)O. The minimum absolute atomic E-state index is 0.360. The average molecular weight is 286 g/mol. The van der Waals surface area contributed by atoms with Gasteiger partial charge in [-0.3, -0.25) is 4.98 Å². The Morgan fingerprint density at radius 3 is 2.86 bits per heavy atom. The van der Waals surface area contributed by atoms with Gasteiger partial charge in [-0.15, -0.1) is 0 Å². The van der Waals surface area contributed by atoms with Crippen molar-refractivity contribution in [2.24, 2.45) is 0 Å². The summed E-state index contributed by atoms with van der Waals surface area (Å²) in [7, 11) is 1.75. The van der Waals surface area contributed by atoms with Crippen molar-refractivity contribution in [1.29, 1.82) is 0 Å². The standard InChI is InChI=1S/C16H15FN2O2/c1-19(11-12-4-3-9-18-10-12)16-13(7-8-15(20)21)5-2-6-14(16)17/h2-10H,11H2,1H3,(H,20,21)/b8-7+. The smallest absolute Gasteiger partial charge is 0.328 e. The maximum Gasteiger partial charge on any atom is 0.328 e. The minimum Gasteiger partial charge on any atom is -0.478 e. The Kier molecular flexibility index (Phi) is 4.66. The first kappa shape index (κ1) is 14.7. The number of hydrogen-bond acceptors (Lipinski definition) is 3. The summed E-state index contributed by atoms with van der Waals surface area (Å²) in [6.45, 7) is 0.475. The first-order chi connectivity index (χ1) is 10.1. The van der Waals surface area contributed by atoms with Crippen molar-refractivity contribution in [3.63, 3.8) is 0 Å². The molecule has 4 nitrogen and oxygen atoms in total. The Hall–Kier alpha value is -2.69. The van der Waals surface area contributed by atoms with Crippen LogP contribution < -0.4 is 4.90 Å². The number of halogens is 1. The number of carboxylic acids is 1. The van der Waals surface area contributed by atoms with Crippen molar-refractivity contribution in [3.05, 3.63) is 65.7 Å². The third-order valence-corrected chi connectivity index (χ3v) is 2.95. The van der Waals surface area contributed by atoms with Crippen molar-refractivity contribution in [3.8, 4) is 0 Å². The zero-order valence-corrected chi connectivity index (χ0v) is 11.5. The van der Waals surface area contributed by atoms with Crippen molar-refractivity contribution < 1.29 is 14.3 Å². The Morgan fingerprint density at radius 2 is 2.19 bits per heavy atom. The van der Waals surface area contributed by atoms with E-state index in [2.05, 4.69) is 4.98 Å². The number of carboxylic acid groups (broad SMARTS) is 1. The van der Waals surface area contributed by atoms with E-state index in [1.165, 1.54) is 12.1 Å². The highest BCUT2D eigenvalue weighted by Crippen LogP contribution is 2.26.